The van der Waals surface area contributed by atoms with Crippen LogP contribution < -0.4 is 0 Å². The van der Waals surface area contributed by atoms with Gasteiger partial charge in [-0.25, -0.2) is 4.79 Å². The molecule has 18 heavy (non-hydrogen) atoms. The summed E-state index contributed by atoms with van der Waals surface area (Å²) in [5, 5.41) is 27.7. The van der Waals surface area contributed by atoms with Crippen LogP contribution in [0.3, 0.4) is 0 Å². The summed E-state index contributed by atoms with van der Waals surface area (Å²) < 4.78 is 5.67. The van der Waals surface area contributed by atoms with Crippen molar-refractivity contribution in [2.24, 2.45) is 0 Å². The topological polar surface area (TPSA) is 109 Å². The lowest BCUT2D eigenvalue weighted by atomic mass is 10.2. The molecule has 0 aliphatic heterocycles. The van der Waals surface area contributed by atoms with Gasteiger partial charge in [-0.05, 0) is 6.42 Å². The van der Waals surface area contributed by atoms with Crippen LogP contribution >= 0.6 is 0 Å². The molecular weight excluding hydrogens is 242 g/mol. The number of aromatic hydroxyl groups is 2. The molecule has 0 amide bonds. The van der Waals surface area contributed by atoms with Crippen molar-refractivity contribution < 1.29 is 29.6 Å². The smallest absolute Gasteiger partial charge is 0.329 e. The summed E-state index contributed by atoms with van der Waals surface area (Å²) in [4.78, 5) is 22.4. The van der Waals surface area contributed by atoms with Crippen molar-refractivity contribution >= 4 is 11.9 Å². The van der Waals surface area contributed by atoms with E-state index < -0.39 is 36.2 Å². The molecule has 0 aromatic carbocycles. The Balaban J connectivity index is 2.98. The van der Waals surface area contributed by atoms with E-state index in [2.05, 4.69) is 0 Å². The number of carboxylic acids is 1. The second kappa shape index (κ2) is 5.95. The quantitative estimate of drug-likeness (QED) is 0.652. The number of carbonyl (C=O) groups is 2. The molecule has 0 bridgehead atoms. The minimum absolute atomic E-state index is 0.151. The third-order valence-corrected chi connectivity index (χ3v) is 2.28. The molecular formula is C11H15NO6. The normalized spacial score (nSPS) is 12.1. The van der Waals surface area contributed by atoms with Gasteiger partial charge in [0.25, 0.3) is 0 Å². The number of carbonyl (C=O) groups excluding carboxylic acids is 1. The molecule has 0 spiro atoms. The van der Waals surface area contributed by atoms with Gasteiger partial charge < -0.3 is 20.1 Å². The summed E-state index contributed by atoms with van der Waals surface area (Å²) in [6.45, 7) is 1.95. The van der Waals surface area contributed by atoms with Crippen molar-refractivity contribution in [2.75, 3.05) is 6.61 Å². The SMILES string of the molecule is CCCOC(=O)C(CC(=O)O)n1c(O)ccc1O. The van der Waals surface area contributed by atoms with Gasteiger partial charge in [-0.1, -0.05) is 6.92 Å². The lowest BCUT2D eigenvalue weighted by molar-refractivity contribution is -0.152. The van der Waals surface area contributed by atoms with Crippen LogP contribution in [0.2, 0.25) is 0 Å². The molecule has 3 N–H and O–H groups in total. The van der Waals surface area contributed by atoms with E-state index in [0.717, 1.165) is 16.7 Å². The highest BCUT2D eigenvalue weighted by atomic mass is 16.5. The van der Waals surface area contributed by atoms with Crippen LogP contribution in [0.25, 0.3) is 0 Å². The number of rotatable bonds is 6. The monoisotopic (exact) mass is 257 g/mol. The zero-order valence-electron chi connectivity index (χ0n) is 9.87. The summed E-state index contributed by atoms with van der Waals surface area (Å²) >= 11 is 0. The van der Waals surface area contributed by atoms with Crippen LogP contribution in [-0.4, -0.2) is 38.4 Å². The summed E-state index contributed by atoms with van der Waals surface area (Å²) in [7, 11) is 0. The number of carboxylic acid groups (broad SMARTS) is 1. The Morgan fingerprint density at radius 3 is 2.33 bits per heavy atom. The highest BCUT2D eigenvalue weighted by Gasteiger charge is 2.28. The second-order valence-corrected chi connectivity index (χ2v) is 3.70. The number of aromatic nitrogens is 1. The summed E-state index contributed by atoms with van der Waals surface area (Å²) in [6, 6.07) is 1.04. The van der Waals surface area contributed by atoms with Crippen molar-refractivity contribution in [3.63, 3.8) is 0 Å². The zero-order valence-corrected chi connectivity index (χ0v) is 9.87. The molecule has 0 saturated heterocycles. The average Bonchev–Trinajstić information content (AvgIpc) is 2.63. The first-order valence-electron chi connectivity index (χ1n) is 5.45. The number of ether oxygens (including phenoxy) is 1. The molecule has 1 unspecified atom stereocenters. The maximum atomic E-state index is 11.7. The Morgan fingerprint density at radius 2 is 1.89 bits per heavy atom. The van der Waals surface area contributed by atoms with Crippen molar-refractivity contribution in [3.8, 4) is 11.8 Å². The van der Waals surface area contributed by atoms with Crippen LogP contribution in [0.4, 0.5) is 0 Å². The summed E-state index contributed by atoms with van der Waals surface area (Å²) in [6.07, 6.45) is 0.00746. The van der Waals surface area contributed by atoms with Crippen molar-refractivity contribution in [2.45, 2.75) is 25.8 Å². The van der Waals surface area contributed by atoms with E-state index in [9.17, 15) is 19.8 Å². The van der Waals surface area contributed by atoms with Gasteiger partial charge in [0.1, 0.15) is 6.04 Å². The van der Waals surface area contributed by atoms with E-state index >= 15 is 0 Å². The first-order chi connectivity index (χ1) is 8.47. The summed E-state index contributed by atoms with van der Waals surface area (Å²) in [5.74, 6) is -2.83. The molecule has 0 radical (unpaired) electrons. The van der Waals surface area contributed by atoms with Crippen LogP contribution in [0.5, 0.6) is 11.8 Å². The third-order valence-electron chi connectivity index (χ3n) is 2.28. The number of esters is 1. The average molecular weight is 257 g/mol. The van der Waals surface area contributed by atoms with E-state index in [1.165, 1.54) is 0 Å². The van der Waals surface area contributed by atoms with E-state index in [-0.39, 0.29) is 6.61 Å². The van der Waals surface area contributed by atoms with E-state index in [1.54, 1.807) is 6.92 Å². The Labute approximate surface area is 103 Å². The fourth-order valence-electron chi connectivity index (χ4n) is 1.49. The Morgan fingerprint density at radius 1 is 1.33 bits per heavy atom. The first kappa shape index (κ1) is 13.9. The van der Waals surface area contributed by atoms with Gasteiger partial charge >= 0.3 is 11.9 Å². The maximum Gasteiger partial charge on any atom is 0.329 e. The van der Waals surface area contributed by atoms with Gasteiger partial charge in [-0.15, -0.1) is 0 Å². The number of hydrogen-bond acceptors (Lipinski definition) is 5. The molecule has 7 nitrogen and oxygen atoms in total. The molecule has 1 heterocycles. The number of aliphatic carboxylic acids is 1. The molecule has 1 aromatic rings. The highest BCUT2D eigenvalue weighted by Crippen LogP contribution is 2.29. The molecule has 0 aliphatic rings. The largest absolute Gasteiger partial charge is 0.494 e. The van der Waals surface area contributed by atoms with Crippen molar-refractivity contribution in [1.29, 1.82) is 0 Å². The Hall–Kier alpha value is -2.18. The van der Waals surface area contributed by atoms with E-state index in [1.807, 2.05) is 0 Å². The molecule has 100 valence electrons. The summed E-state index contributed by atoms with van der Waals surface area (Å²) in [5.41, 5.74) is 0. The first-order valence-corrected chi connectivity index (χ1v) is 5.45. The molecule has 0 fully saturated rings. The third kappa shape index (κ3) is 3.16. The zero-order chi connectivity index (χ0) is 13.7. The van der Waals surface area contributed by atoms with Crippen molar-refractivity contribution in [3.05, 3.63) is 12.1 Å². The van der Waals surface area contributed by atoms with E-state index in [4.69, 9.17) is 9.84 Å². The van der Waals surface area contributed by atoms with Crippen LogP contribution in [0.15, 0.2) is 12.1 Å². The van der Waals surface area contributed by atoms with E-state index in [0.29, 0.717) is 6.42 Å². The standard InChI is InChI=1S/C11H15NO6/c1-2-5-18-11(17)7(6-10(15)16)12-8(13)3-4-9(12)14/h3-4,7,13-14H,2,5-6H2,1H3,(H,15,16). The molecule has 0 saturated carbocycles. The Kier molecular flexibility index (Phi) is 4.59. The molecule has 7 heteroatoms. The lowest BCUT2D eigenvalue weighted by Gasteiger charge is -2.17. The van der Waals surface area contributed by atoms with Gasteiger partial charge in [-0.2, -0.15) is 0 Å². The minimum atomic E-state index is -1.29. The molecule has 0 aliphatic carbocycles. The van der Waals surface area contributed by atoms with Crippen LogP contribution in [-0.2, 0) is 14.3 Å². The van der Waals surface area contributed by atoms with Gasteiger partial charge in [0.2, 0.25) is 0 Å². The fourth-order valence-corrected chi connectivity index (χ4v) is 1.49. The molecule has 1 atom stereocenters. The van der Waals surface area contributed by atoms with Crippen LogP contribution in [0.1, 0.15) is 25.8 Å². The number of nitrogens with zero attached hydrogens (tertiary/aromatic N) is 1. The minimum Gasteiger partial charge on any atom is -0.494 e. The Bertz CT molecular complexity index is 419. The highest BCUT2D eigenvalue weighted by molar-refractivity contribution is 5.81. The molecule has 1 rings (SSSR count). The van der Waals surface area contributed by atoms with Crippen molar-refractivity contribution in [1.82, 2.24) is 4.57 Å². The van der Waals surface area contributed by atoms with Gasteiger partial charge in [0, 0.05) is 12.1 Å². The predicted octanol–water partition coefficient (Wildman–Crippen LogP) is 0.868. The predicted molar refractivity (Wildman–Crippen MR) is 60.3 cm³/mol. The van der Waals surface area contributed by atoms with Gasteiger partial charge in [0.05, 0.1) is 13.0 Å². The fraction of sp³-hybridized carbons (Fsp3) is 0.455. The van der Waals surface area contributed by atoms with Crippen LogP contribution in [0, 0.1) is 0 Å². The number of hydrogen-bond donors (Lipinski definition) is 3. The van der Waals surface area contributed by atoms with Gasteiger partial charge in [-0.3, -0.25) is 9.36 Å². The maximum absolute atomic E-state index is 11.7. The molecule has 1 aromatic heterocycles. The second-order valence-electron chi connectivity index (χ2n) is 3.70. The lowest BCUT2D eigenvalue weighted by Crippen LogP contribution is -2.24. The van der Waals surface area contributed by atoms with Gasteiger partial charge in [0.15, 0.2) is 11.8 Å².